The van der Waals surface area contributed by atoms with Crippen molar-refractivity contribution < 1.29 is 9.32 Å². The SMILES string of the molecule is C[C@H]1CN(Cc2ccccc2)CC[C@H]1N(C)C(=O)c1cc(C2CC2)on1. The Labute approximate surface area is 155 Å². The molecule has 1 aromatic heterocycles. The van der Waals surface area contributed by atoms with Gasteiger partial charge in [-0.3, -0.25) is 9.69 Å². The predicted molar refractivity (Wildman–Crippen MR) is 99.9 cm³/mol. The summed E-state index contributed by atoms with van der Waals surface area (Å²) in [5.74, 6) is 1.76. The summed E-state index contributed by atoms with van der Waals surface area (Å²) in [6.07, 6.45) is 3.29. The molecule has 0 N–H and O–H groups in total. The van der Waals surface area contributed by atoms with Gasteiger partial charge in [0.15, 0.2) is 5.69 Å². The Morgan fingerprint density at radius 3 is 2.73 bits per heavy atom. The average Bonchev–Trinajstić information content (AvgIpc) is 3.38. The second-order valence-electron chi connectivity index (χ2n) is 7.86. The van der Waals surface area contributed by atoms with Crippen LogP contribution in [0.5, 0.6) is 0 Å². The third-order valence-electron chi connectivity index (χ3n) is 5.74. The molecule has 0 bridgehead atoms. The van der Waals surface area contributed by atoms with Gasteiger partial charge in [-0.15, -0.1) is 0 Å². The molecule has 2 heterocycles. The van der Waals surface area contributed by atoms with Gasteiger partial charge < -0.3 is 9.42 Å². The number of benzene rings is 1. The first-order chi connectivity index (χ1) is 12.6. The molecule has 2 aliphatic rings. The fourth-order valence-corrected chi connectivity index (χ4v) is 4.06. The predicted octanol–water partition coefficient (Wildman–Crippen LogP) is 3.53. The van der Waals surface area contributed by atoms with E-state index >= 15 is 0 Å². The molecule has 0 spiro atoms. The molecule has 1 saturated heterocycles. The minimum absolute atomic E-state index is 0.0194. The number of rotatable bonds is 5. The first-order valence-corrected chi connectivity index (χ1v) is 9.62. The van der Waals surface area contributed by atoms with E-state index in [1.807, 2.05) is 18.0 Å². The molecular weight excluding hydrogens is 326 g/mol. The second-order valence-corrected chi connectivity index (χ2v) is 7.86. The highest BCUT2D eigenvalue weighted by atomic mass is 16.5. The van der Waals surface area contributed by atoms with E-state index in [1.54, 1.807) is 0 Å². The highest BCUT2D eigenvalue weighted by molar-refractivity contribution is 5.92. The minimum Gasteiger partial charge on any atom is -0.360 e. The highest BCUT2D eigenvalue weighted by Crippen LogP contribution is 2.40. The highest BCUT2D eigenvalue weighted by Gasteiger charge is 2.34. The Kier molecular flexibility index (Phi) is 4.81. The van der Waals surface area contributed by atoms with Crippen LogP contribution in [0.3, 0.4) is 0 Å². The zero-order chi connectivity index (χ0) is 18.1. The van der Waals surface area contributed by atoms with E-state index in [0.29, 0.717) is 17.5 Å². The van der Waals surface area contributed by atoms with Crippen LogP contribution in [0.25, 0.3) is 0 Å². The molecule has 5 heteroatoms. The summed E-state index contributed by atoms with van der Waals surface area (Å²) in [6, 6.07) is 12.7. The van der Waals surface area contributed by atoms with Gasteiger partial charge >= 0.3 is 0 Å². The molecule has 1 aromatic carbocycles. The topological polar surface area (TPSA) is 49.6 Å². The molecule has 1 saturated carbocycles. The minimum atomic E-state index is -0.0194. The molecule has 2 aromatic rings. The van der Waals surface area contributed by atoms with Crippen molar-refractivity contribution in [1.82, 2.24) is 15.0 Å². The number of carbonyl (C=O) groups is 1. The van der Waals surface area contributed by atoms with Gasteiger partial charge in [-0.2, -0.15) is 0 Å². The van der Waals surface area contributed by atoms with Crippen LogP contribution in [-0.4, -0.2) is 47.0 Å². The summed E-state index contributed by atoms with van der Waals surface area (Å²) in [7, 11) is 1.90. The number of likely N-dealkylation sites (tertiary alicyclic amines) is 1. The number of piperidine rings is 1. The standard InChI is InChI=1S/C21H27N3O2/c1-15-13-24(14-16-6-4-3-5-7-16)11-10-19(15)23(2)21(25)18-12-20(26-22-18)17-8-9-17/h3-7,12,15,17,19H,8-11,13-14H2,1-2H3/t15-,19+/m0/s1. The maximum absolute atomic E-state index is 12.8. The monoisotopic (exact) mass is 353 g/mol. The lowest BCUT2D eigenvalue weighted by molar-refractivity contribution is 0.0489. The maximum atomic E-state index is 12.8. The number of amides is 1. The molecular formula is C21H27N3O2. The van der Waals surface area contributed by atoms with Crippen LogP contribution in [0.15, 0.2) is 40.9 Å². The molecule has 4 rings (SSSR count). The molecule has 138 valence electrons. The van der Waals surface area contributed by atoms with Crippen LogP contribution in [0.2, 0.25) is 0 Å². The van der Waals surface area contributed by atoms with Gasteiger partial charge in [0.25, 0.3) is 5.91 Å². The number of aromatic nitrogens is 1. The Balaban J connectivity index is 1.36. The van der Waals surface area contributed by atoms with Crippen molar-refractivity contribution >= 4 is 5.91 Å². The van der Waals surface area contributed by atoms with Gasteiger partial charge in [0.1, 0.15) is 5.76 Å². The largest absolute Gasteiger partial charge is 0.360 e. The first-order valence-electron chi connectivity index (χ1n) is 9.62. The summed E-state index contributed by atoms with van der Waals surface area (Å²) in [5, 5.41) is 4.01. The van der Waals surface area contributed by atoms with Gasteiger partial charge in [0.05, 0.1) is 0 Å². The van der Waals surface area contributed by atoms with Gasteiger partial charge in [-0.05, 0) is 30.7 Å². The summed E-state index contributed by atoms with van der Waals surface area (Å²) in [6.45, 7) is 5.23. The lowest BCUT2D eigenvalue weighted by atomic mass is 9.92. The van der Waals surface area contributed by atoms with Crippen molar-refractivity contribution in [2.24, 2.45) is 5.92 Å². The van der Waals surface area contributed by atoms with Crippen molar-refractivity contribution in [3.63, 3.8) is 0 Å². The Bertz CT molecular complexity index is 754. The van der Waals surface area contributed by atoms with E-state index in [9.17, 15) is 4.79 Å². The van der Waals surface area contributed by atoms with Gasteiger partial charge in [-0.25, -0.2) is 0 Å². The lowest BCUT2D eigenvalue weighted by Gasteiger charge is -2.41. The number of hydrogen-bond acceptors (Lipinski definition) is 4. The third kappa shape index (κ3) is 3.68. The molecule has 1 aliphatic carbocycles. The van der Waals surface area contributed by atoms with Gasteiger partial charge in [-0.1, -0.05) is 42.4 Å². The molecule has 0 radical (unpaired) electrons. The van der Waals surface area contributed by atoms with Crippen LogP contribution in [0.4, 0.5) is 0 Å². The van der Waals surface area contributed by atoms with Gasteiger partial charge in [0, 0.05) is 44.7 Å². The quantitative estimate of drug-likeness (QED) is 0.825. The molecule has 5 nitrogen and oxygen atoms in total. The van der Waals surface area contributed by atoms with Crippen molar-refractivity contribution in [2.75, 3.05) is 20.1 Å². The van der Waals surface area contributed by atoms with Crippen molar-refractivity contribution in [3.8, 4) is 0 Å². The normalized spacial score (nSPS) is 23.8. The Morgan fingerprint density at radius 2 is 2.04 bits per heavy atom. The number of carbonyl (C=O) groups excluding carboxylic acids is 1. The van der Waals surface area contributed by atoms with Crippen molar-refractivity contribution in [2.45, 2.75) is 44.7 Å². The summed E-state index contributed by atoms with van der Waals surface area (Å²) in [4.78, 5) is 17.2. The second kappa shape index (κ2) is 7.23. The molecule has 0 unspecified atom stereocenters. The summed E-state index contributed by atoms with van der Waals surface area (Å²) >= 11 is 0. The van der Waals surface area contributed by atoms with Crippen LogP contribution in [-0.2, 0) is 6.54 Å². The van der Waals surface area contributed by atoms with E-state index in [1.165, 1.54) is 5.56 Å². The molecule has 2 fully saturated rings. The van der Waals surface area contributed by atoms with Crippen molar-refractivity contribution in [3.05, 3.63) is 53.4 Å². The first kappa shape index (κ1) is 17.3. The van der Waals surface area contributed by atoms with E-state index < -0.39 is 0 Å². The van der Waals surface area contributed by atoms with E-state index in [4.69, 9.17) is 4.52 Å². The zero-order valence-corrected chi connectivity index (χ0v) is 15.6. The Hall–Kier alpha value is -2.14. The van der Waals surface area contributed by atoms with Crippen LogP contribution < -0.4 is 0 Å². The van der Waals surface area contributed by atoms with Crippen molar-refractivity contribution in [1.29, 1.82) is 0 Å². The molecule has 1 aliphatic heterocycles. The maximum Gasteiger partial charge on any atom is 0.276 e. The lowest BCUT2D eigenvalue weighted by Crippen LogP contribution is -2.50. The third-order valence-corrected chi connectivity index (χ3v) is 5.74. The molecule has 1 amide bonds. The van der Waals surface area contributed by atoms with E-state index in [0.717, 1.165) is 44.7 Å². The van der Waals surface area contributed by atoms with E-state index in [2.05, 4.69) is 47.3 Å². The Morgan fingerprint density at radius 1 is 1.27 bits per heavy atom. The number of nitrogens with zero attached hydrogens (tertiary/aromatic N) is 3. The molecule has 26 heavy (non-hydrogen) atoms. The molecule has 2 atom stereocenters. The fraction of sp³-hybridized carbons (Fsp3) is 0.524. The smallest absolute Gasteiger partial charge is 0.276 e. The van der Waals surface area contributed by atoms with Crippen LogP contribution in [0.1, 0.15) is 53.9 Å². The van der Waals surface area contributed by atoms with Crippen LogP contribution >= 0.6 is 0 Å². The fourth-order valence-electron chi connectivity index (χ4n) is 4.06. The number of hydrogen-bond donors (Lipinski definition) is 0. The van der Waals surface area contributed by atoms with Crippen LogP contribution in [0, 0.1) is 5.92 Å². The summed E-state index contributed by atoms with van der Waals surface area (Å²) < 4.78 is 5.35. The average molecular weight is 353 g/mol. The van der Waals surface area contributed by atoms with Gasteiger partial charge in [0.2, 0.25) is 0 Å². The summed E-state index contributed by atoms with van der Waals surface area (Å²) in [5.41, 5.74) is 1.80. The zero-order valence-electron chi connectivity index (χ0n) is 15.6. The van der Waals surface area contributed by atoms with E-state index in [-0.39, 0.29) is 11.9 Å².